The first-order chi connectivity index (χ1) is 17.0. The van der Waals surface area contributed by atoms with Crippen LogP contribution < -0.4 is 9.47 Å². The van der Waals surface area contributed by atoms with Crippen LogP contribution in [0.2, 0.25) is 0 Å². The molecule has 0 spiro atoms. The highest BCUT2D eigenvalue weighted by molar-refractivity contribution is 9.10. The Kier molecular flexibility index (Phi) is 9.60. The number of carbonyl (C=O) groups excluding carboxylic acids is 2. The molecule has 1 saturated heterocycles. The molecule has 192 valence electrons. The maximum Gasteiger partial charge on any atom is 0.305 e. The van der Waals surface area contributed by atoms with E-state index in [-0.39, 0.29) is 23.7 Å². The number of hydrogen-bond acceptors (Lipinski definition) is 7. The van der Waals surface area contributed by atoms with E-state index < -0.39 is 0 Å². The molecule has 36 heavy (non-hydrogen) atoms. The quantitative estimate of drug-likeness (QED) is 0.187. The van der Waals surface area contributed by atoms with E-state index >= 15 is 0 Å². The summed E-state index contributed by atoms with van der Waals surface area (Å²) in [4.78, 5) is 26.3. The minimum atomic E-state index is -0.308. The summed E-state index contributed by atoms with van der Waals surface area (Å²) in [5, 5.41) is 0. The van der Waals surface area contributed by atoms with Crippen LogP contribution in [0.25, 0.3) is 6.08 Å². The van der Waals surface area contributed by atoms with Gasteiger partial charge in [0.1, 0.15) is 10.9 Å². The van der Waals surface area contributed by atoms with Gasteiger partial charge in [0.2, 0.25) is 0 Å². The van der Waals surface area contributed by atoms with Gasteiger partial charge in [0.05, 0.1) is 23.6 Å². The highest BCUT2D eigenvalue weighted by atomic mass is 79.9. The summed E-state index contributed by atoms with van der Waals surface area (Å²) >= 11 is 10.2. The Morgan fingerprint density at radius 1 is 1.17 bits per heavy atom. The van der Waals surface area contributed by atoms with Gasteiger partial charge in [-0.1, -0.05) is 69.0 Å². The average molecular weight is 593 g/mol. The Labute approximate surface area is 230 Å². The van der Waals surface area contributed by atoms with Gasteiger partial charge >= 0.3 is 5.97 Å². The normalized spacial score (nSPS) is 14.9. The van der Waals surface area contributed by atoms with E-state index in [1.807, 2.05) is 12.1 Å². The molecule has 2 aromatic rings. The summed E-state index contributed by atoms with van der Waals surface area (Å²) in [6.45, 7) is 7.32. The zero-order valence-corrected chi connectivity index (χ0v) is 24.3. The largest absolute Gasteiger partial charge is 0.493 e. The average Bonchev–Trinajstić information content (AvgIpc) is 3.09. The number of amides is 1. The molecular weight excluding hydrogens is 562 g/mol. The Morgan fingerprint density at radius 3 is 2.47 bits per heavy atom. The zero-order chi connectivity index (χ0) is 26.5. The lowest BCUT2D eigenvalue weighted by Gasteiger charge is -2.19. The van der Waals surface area contributed by atoms with Crippen LogP contribution in [0, 0.1) is 0 Å². The van der Waals surface area contributed by atoms with Gasteiger partial charge < -0.3 is 14.2 Å². The first kappa shape index (κ1) is 28.2. The molecule has 3 rings (SSSR count). The van der Waals surface area contributed by atoms with Gasteiger partial charge in [0.25, 0.3) is 5.91 Å². The lowest BCUT2D eigenvalue weighted by molar-refractivity contribution is -0.141. The molecule has 1 amide bonds. The van der Waals surface area contributed by atoms with Crippen molar-refractivity contribution in [3.8, 4) is 11.5 Å². The SMILES string of the molecule is COC(=O)CCCN1C(=O)/C(=C\c2cc(Br)c(OCc3ccc(C(C)(C)C)cc3)c(OC)c2)SC1=S. The van der Waals surface area contributed by atoms with Gasteiger partial charge in [0.15, 0.2) is 11.5 Å². The number of rotatable bonds is 9. The zero-order valence-electron chi connectivity index (χ0n) is 21.1. The highest BCUT2D eigenvalue weighted by Crippen LogP contribution is 2.39. The van der Waals surface area contributed by atoms with Crippen molar-refractivity contribution in [2.24, 2.45) is 0 Å². The molecule has 0 aromatic heterocycles. The third-order valence-electron chi connectivity index (χ3n) is 5.62. The fourth-order valence-corrected chi connectivity index (χ4v) is 5.43. The molecule has 1 heterocycles. The minimum Gasteiger partial charge on any atom is -0.493 e. The predicted octanol–water partition coefficient (Wildman–Crippen LogP) is 6.49. The number of benzene rings is 2. The molecule has 0 unspecified atom stereocenters. The van der Waals surface area contributed by atoms with Crippen molar-refractivity contribution in [3.05, 3.63) is 62.5 Å². The van der Waals surface area contributed by atoms with Crippen LogP contribution in [0.5, 0.6) is 11.5 Å². The van der Waals surface area contributed by atoms with Gasteiger partial charge in [-0.25, -0.2) is 0 Å². The second-order valence-electron chi connectivity index (χ2n) is 9.28. The molecule has 0 N–H and O–H groups in total. The third kappa shape index (κ3) is 7.11. The smallest absolute Gasteiger partial charge is 0.305 e. The summed E-state index contributed by atoms with van der Waals surface area (Å²) in [5.41, 5.74) is 3.19. The second-order valence-corrected chi connectivity index (χ2v) is 11.8. The van der Waals surface area contributed by atoms with Crippen LogP contribution in [0.1, 0.15) is 50.3 Å². The summed E-state index contributed by atoms with van der Waals surface area (Å²) in [6, 6.07) is 12.1. The number of carbonyl (C=O) groups is 2. The number of thioether (sulfide) groups is 1. The third-order valence-corrected chi connectivity index (χ3v) is 7.58. The number of thiocarbonyl (C=S) groups is 1. The molecule has 0 bridgehead atoms. The van der Waals surface area contributed by atoms with Gasteiger partial charge in [-0.2, -0.15) is 0 Å². The molecule has 2 aromatic carbocycles. The number of esters is 1. The van der Waals surface area contributed by atoms with Crippen molar-refractivity contribution in [3.63, 3.8) is 0 Å². The van der Waals surface area contributed by atoms with E-state index in [0.29, 0.717) is 44.8 Å². The van der Waals surface area contributed by atoms with Gasteiger partial charge in [-0.15, -0.1) is 0 Å². The van der Waals surface area contributed by atoms with Crippen LogP contribution in [0.15, 0.2) is 45.8 Å². The molecular formula is C27H30BrNO5S2. The van der Waals surface area contributed by atoms with Crippen LogP contribution in [-0.2, 0) is 26.3 Å². The van der Waals surface area contributed by atoms with Crippen LogP contribution in [0.4, 0.5) is 0 Å². The van der Waals surface area contributed by atoms with E-state index in [1.165, 1.54) is 29.3 Å². The Balaban J connectivity index is 1.72. The fraction of sp³-hybridized carbons (Fsp3) is 0.370. The molecule has 0 saturated carbocycles. The highest BCUT2D eigenvalue weighted by Gasteiger charge is 2.31. The topological polar surface area (TPSA) is 65.1 Å². The van der Waals surface area contributed by atoms with Crippen LogP contribution in [0.3, 0.4) is 0 Å². The Hall–Kier alpha value is -2.36. The first-order valence-corrected chi connectivity index (χ1v) is 13.5. The first-order valence-electron chi connectivity index (χ1n) is 11.5. The predicted molar refractivity (Wildman–Crippen MR) is 151 cm³/mol. The van der Waals surface area contributed by atoms with Crippen LogP contribution in [-0.4, -0.2) is 41.9 Å². The van der Waals surface area contributed by atoms with Gasteiger partial charge in [0, 0.05) is 13.0 Å². The molecule has 9 heteroatoms. The number of nitrogens with zero attached hydrogens (tertiary/aromatic N) is 1. The Bertz CT molecular complexity index is 1170. The molecule has 0 radical (unpaired) electrons. The van der Waals surface area contributed by atoms with E-state index in [4.69, 9.17) is 21.7 Å². The second kappa shape index (κ2) is 12.3. The van der Waals surface area contributed by atoms with E-state index in [0.717, 1.165) is 11.1 Å². The lowest BCUT2D eigenvalue weighted by atomic mass is 9.87. The lowest BCUT2D eigenvalue weighted by Crippen LogP contribution is -2.29. The molecule has 1 aliphatic rings. The van der Waals surface area contributed by atoms with Crippen LogP contribution >= 0.6 is 39.9 Å². The monoisotopic (exact) mass is 591 g/mol. The van der Waals surface area contributed by atoms with E-state index in [9.17, 15) is 9.59 Å². The van der Waals surface area contributed by atoms with Crippen molar-refractivity contribution >= 4 is 62.2 Å². The van der Waals surface area contributed by atoms with E-state index in [1.54, 1.807) is 13.2 Å². The molecule has 6 nitrogen and oxygen atoms in total. The minimum absolute atomic E-state index is 0.0960. The van der Waals surface area contributed by atoms with Crippen molar-refractivity contribution in [1.82, 2.24) is 4.90 Å². The van der Waals surface area contributed by atoms with Crippen molar-refractivity contribution in [2.45, 2.75) is 45.6 Å². The summed E-state index contributed by atoms with van der Waals surface area (Å²) in [7, 11) is 2.93. The Morgan fingerprint density at radius 2 is 1.86 bits per heavy atom. The summed E-state index contributed by atoms with van der Waals surface area (Å²) < 4.78 is 17.5. The molecule has 0 atom stereocenters. The fourth-order valence-electron chi connectivity index (χ4n) is 3.55. The van der Waals surface area contributed by atoms with Crippen molar-refractivity contribution in [1.29, 1.82) is 0 Å². The van der Waals surface area contributed by atoms with E-state index in [2.05, 4.69) is 65.7 Å². The van der Waals surface area contributed by atoms with Gasteiger partial charge in [-0.05, 0) is 62.7 Å². The molecule has 1 fully saturated rings. The summed E-state index contributed by atoms with van der Waals surface area (Å²) in [6.07, 6.45) is 2.50. The van der Waals surface area contributed by atoms with Crippen molar-refractivity contribution < 1.29 is 23.8 Å². The maximum atomic E-state index is 12.9. The molecule has 0 aliphatic carbocycles. The number of ether oxygens (including phenoxy) is 3. The number of methoxy groups -OCH3 is 2. The van der Waals surface area contributed by atoms with Crippen molar-refractivity contribution in [2.75, 3.05) is 20.8 Å². The standard InChI is InChI=1S/C27H30BrNO5S2/c1-27(2,3)19-10-8-17(9-11-19)16-34-24-20(28)13-18(14-21(24)32-4)15-22-25(31)29(26(35)36-22)12-6-7-23(30)33-5/h8-11,13-15H,6-7,12,16H2,1-5H3/b22-15+. The number of hydrogen-bond donors (Lipinski definition) is 0. The maximum absolute atomic E-state index is 12.9. The molecule has 1 aliphatic heterocycles. The number of halogens is 1. The van der Waals surface area contributed by atoms with Gasteiger partial charge in [-0.3, -0.25) is 14.5 Å². The summed E-state index contributed by atoms with van der Waals surface area (Å²) in [5.74, 6) is 0.654.